The highest BCUT2D eigenvalue weighted by Gasteiger charge is 2.19. The summed E-state index contributed by atoms with van der Waals surface area (Å²) in [5.74, 6) is -0.441. The third kappa shape index (κ3) is 2.36. The average Bonchev–Trinajstić information content (AvgIpc) is 2.27. The van der Waals surface area contributed by atoms with Crippen molar-refractivity contribution in [2.75, 3.05) is 17.6 Å². The molecule has 16 heavy (non-hydrogen) atoms. The Morgan fingerprint density at radius 1 is 1.62 bits per heavy atom. The molecule has 86 valence electrons. The van der Waals surface area contributed by atoms with Gasteiger partial charge < -0.3 is 16.4 Å². The number of aromatic nitrogens is 2. The van der Waals surface area contributed by atoms with Crippen molar-refractivity contribution in [2.45, 2.75) is 18.9 Å². The third-order valence-electron chi connectivity index (χ3n) is 2.37. The second-order valence-electron chi connectivity index (χ2n) is 3.61. The van der Waals surface area contributed by atoms with Crippen LogP contribution in [0, 0.1) is 5.82 Å². The SMILES string of the molecule is Nc1ncc(F)c(NC2CCC(=O)NC2)n1. The average molecular weight is 225 g/mol. The van der Waals surface area contributed by atoms with Crippen LogP contribution in [0.5, 0.6) is 0 Å². The summed E-state index contributed by atoms with van der Waals surface area (Å²) >= 11 is 0. The summed E-state index contributed by atoms with van der Waals surface area (Å²) in [6.45, 7) is 0.460. The number of nitrogen functional groups attached to an aromatic ring is 1. The molecule has 0 aliphatic carbocycles. The lowest BCUT2D eigenvalue weighted by molar-refractivity contribution is -0.122. The normalized spacial score (nSPS) is 20.3. The lowest BCUT2D eigenvalue weighted by Gasteiger charge is -2.23. The predicted octanol–water partition coefficient (Wildman–Crippen LogP) is -0.112. The van der Waals surface area contributed by atoms with Gasteiger partial charge in [-0.2, -0.15) is 4.98 Å². The van der Waals surface area contributed by atoms with Crippen molar-refractivity contribution in [3.8, 4) is 0 Å². The van der Waals surface area contributed by atoms with Crippen LogP contribution in [0.25, 0.3) is 0 Å². The Morgan fingerprint density at radius 2 is 2.44 bits per heavy atom. The van der Waals surface area contributed by atoms with Gasteiger partial charge in [-0.15, -0.1) is 0 Å². The molecule has 1 amide bonds. The van der Waals surface area contributed by atoms with E-state index >= 15 is 0 Å². The van der Waals surface area contributed by atoms with Gasteiger partial charge in [0.15, 0.2) is 11.6 Å². The van der Waals surface area contributed by atoms with Crippen molar-refractivity contribution in [3.63, 3.8) is 0 Å². The van der Waals surface area contributed by atoms with E-state index in [4.69, 9.17) is 5.73 Å². The minimum atomic E-state index is -0.550. The van der Waals surface area contributed by atoms with Crippen molar-refractivity contribution in [1.29, 1.82) is 0 Å². The monoisotopic (exact) mass is 225 g/mol. The van der Waals surface area contributed by atoms with Gasteiger partial charge in [0.05, 0.1) is 6.20 Å². The lowest BCUT2D eigenvalue weighted by atomic mass is 10.1. The van der Waals surface area contributed by atoms with Crippen LogP contribution in [0.2, 0.25) is 0 Å². The number of anilines is 2. The number of nitrogens with two attached hydrogens (primary N) is 1. The standard InChI is InChI=1S/C9H12FN5O/c10-6-4-13-9(11)15-8(6)14-5-1-2-7(16)12-3-5/h4-5H,1-3H2,(H,12,16)(H3,11,13,14,15). The van der Waals surface area contributed by atoms with Gasteiger partial charge in [-0.3, -0.25) is 4.79 Å². The van der Waals surface area contributed by atoms with E-state index in [0.717, 1.165) is 6.20 Å². The Kier molecular flexibility index (Phi) is 2.84. The van der Waals surface area contributed by atoms with Gasteiger partial charge in [0.2, 0.25) is 11.9 Å². The van der Waals surface area contributed by atoms with Gasteiger partial charge in [-0.25, -0.2) is 9.37 Å². The number of hydrogen-bond donors (Lipinski definition) is 3. The first-order chi connectivity index (χ1) is 7.65. The van der Waals surface area contributed by atoms with Crippen LogP contribution in [0.15, 0.2) is 6.20 Å². The molecule has 1 aromatic heterocycles. The lowest BCUT2D eigenvalue weighted by Crippen LogP contribution is -2.42. The number of carbonyl (C=O) groups excluding carboxylic acids is 1. The second kappa shape index (κ2) is 4.30. The Balaban J connectivity index is 2.03. The summed E-state index contributed by atoms with van der Waals surface area (Å²) in [6, 6.07) is -0.0264. The maximum Gasteiger partial charge on any atom is 0.222 e. The third-order valence-corrected chi connectivity index (χ3v) is 2.37. The molecular formula is C9H12FN5O. The van der Waals surface area contributed by atoms with Crippen LogP contribution in [0.3, 0.4) is 0 Å². The summed E-state index contributed by atoms with van der Waals surface area (Å²) in [4.78, 5) is 18.2. The minimum absolute atomic E-state index is 0.0146. The molecule has 1 aliphatic rings. The van der Waals surface area contributed by atoms with E-state index in [-0.39, 0.29) is 23.7 Å². The van der Waals surface area contributed by atoms with Gasteiger partial charge in [0, 0.05) is 19.0 Å². The molecule has 1 unspecified atom stereocenters. The van der Waals surface area contributed by atoms with Gasteiger partial charge >= 0.3 is 0 Å². The number of nitrogens with zero attached hydrogens (tertiary/aromatic N) is 2. The van der Waals surface area contributed by atoms with Crippen LogP contribution in [0.4, 0.5) is 16.2 Å². The van der Waals surface area contributed by atoms with E-state index in [1.807, 2.05) is 0 Å². The van der Waals surface area contributed by atoms with E-state index in [0.29, 0.717) is 19.4 Å². The summed E-state index contributed by atoms with van der Waals surface area (Å²) in [5.41, 5.74) is 5.36. The van der Waals surface area contributed by atoms with Gasteiger partial charge in [-0.05, 0) is 6.42 Å². The molecule has 2 rings (SSSR count). The van der Waals surface area contributed by atoms with Crippen LogP contribution in [-0.2, 0) is 4.79 Å². The highest BCUT2D eigenvalue weighted by Crippen LogP contribution is 2.14. The molecule has 0 bridgehead atoms. The Bertz CT molecular complexity index is 401. The molecule has 4 N–H and O–H groups in total. The molecule has 7 heteroatoms. The number of carbonyl (C=O) groups is 1. The smallest absolute Gasteiger partial charge is 0.222 e. The highest BCUT2D eigenvalue weighted by atomic mass is 19.1. The van der Waals surface area contributed by atoms with E-state index in [2.05, 4.69) is 20.6 Å². The number of rotatable bonds is 2. The first-order valence-electron chi connectivity index (χ1n) is 4.96. The zero-order valence-electron chi connectivity index (χ0n) is 8.53. The molecule has 1 aromatic rings. The van der Waals surface area contributed by atoms with E-state index in [1.165, 1.54) is 0 Å². The zero-order chi connectivity index (χ0) is 11.5. The molecule has 0 aromatic carbocycles. The Hall–Kier alpha value is -1.92. The number of piperidine rings is 1. The van der Waals surface area contributed by atoms with Crippen LogP contribution >= 0.6 is 0 Å². The number of hydrogen-bond acceptors (Lipinski definition) is 5. The summed E-state index contributed by atoms with van der Waals surface area (Å²) in [5, 5.41) is 5.58. The van der Waals surface area contributed by atoms with Crippen molar-refractivity contribution < 1.29 is 9.18 Å². The van der Waals surface area contributed by atoms with E-state index < -0.39 is 5.82 Å². The molecule has 2 heterocycles. The molecule has 0 spiro atoms. The number of nitrogens with one attached hydrogen (secondary N) is 2. The van der Waals surface area contributed by atoms with E-state index in [1.54, 1.807) is 0 Å². The predicted molar refractivity (Wildman–Crippen MR) is 56.1 cm³/mol. The number of amides is 1. The molecule has 6 nitrogen and oxygen atoms in total. The summed E-state index contributed by atoms with van der Waals surface area (Å²) < 4.78 is 13.3. The van der Waals surface area contributed by atoms with Gasteiger partial charge in [-0.1, -0.05) is 0 Å². The molecule has 1 fully saturated rings. The van der Waals surface area contributed by atoms with Crippen molar-refractivity contribution in [1.82, 2.24) is 15.3 Å². The molecule has 1 aliphatic heterocycles. The zero-order valence-corrected chi connectivity index (χ0v) is 8.53. The molecule has 1 atom stereocenters. The minimum Gasteiger partial charge on any atom is -0.368 e. The van der Waals surface area contributed by atoms with Crippen LogP contribution in [0.1, 0.15) is 12.8 Å². The topological polar surface area (TPSA) is 92.9 Å². The largest absolute Gasteiger partial charge is 0.368 e. The second-order valence-corrected chi connectivity index (χ2v) is 3.61. The maximum atomic E-state index is 13.3. The Morgan fingerprint density at radius 3 is 3.12 bits per heavy atom. The first kappa shape index (κ1) is 10.6. The maximum absolute atomic E-state index is 13.3. The fourth-order valence-electron chi connectivity index (χ4n) is 1.53. The van der Waals surface area contributed by atoms with Crippen LogP contribution < -0.4 is 16.4 Å². The van der Waals surface area contributed by atoms with Crippen molar-refractivity contribution in [2.24, 2.45) is 0 Å². The van der Waals surface area contributed by atoms with Gasteiger partial charge in [0.1, 0.15) is 0 Å². The Labute approximate surface area is 91.5 Å². The molecular weight excluding hydrogens is 213 g/mol. The van der Waals surface area contributed by atoms with Gasteiger partial charge in [0.25, 0.3) is 0 Å². The summed E-state index contributed by atoms with van der Waals surface area (Å²) in [7, 11) is 0. The fourth-order valence-corrected chi connectivity index (χ4v) is 1.53. The van der Waals surface area contributed by atoms with E-state index in [9.17, 15) is 9.18 Å². The quantitative estimate of drug-likeness (QED) is 0.653. The number of halogens is 1. The fraction of sp³-hybridized carbons (Fsp3) is 0.444. The van der Waals surface area contributed by atoms with Crippen LogP contribution in [-0.4, -0.2) is 28.5 Å². The molecule has 0 radical (unpaired) electrons. The molecule has 1 saturated heterocycles. The van der Waals surface area contributed by atoms with Crippen molar-refractivity contribution >= 4 is 17.7 Å². The van der Waals surface area contributed by atoms with Crippen molar-refractivity contribution in [3.05, 3.63) is 12.0 Å². The highest BCUT2D eigenvalue weighted by molar-refractivity contribution is 5.76. The summed E-state index contributed by atoms with van der Waals surface area (Å²) in [6.07, 6.45) is 2.10. The molecule has 0 saturated carbocycles. The first-order valence-corrected chi connectivity index (χ1v) is 4.96.